The van der Waals surface area contributed by atoms with Crippen LogP contribution in [0.15, 0.2) is 12.2 Å². The summed E-state index contributed by atoms with van der Waals surface area (Å²) in [7, 11) is 0. The van der Waals surface area contributed by atoms with Crippen LogP contribution in [0.4, 0.5) is 0 Å². The zero-order valence-corrected chi connectivity index (χ0v) is 9.31. The standard InChI is InChI=1S/C11H21NS/c13-11-7-6-10-12-8-4-2-1-3-5-9-12/h6-7,13H,1-5,8-11H2. The van der Waals surface area contributed by atoms with Crippen LogP contribution in [-0.2, 0) is 0 Å². The molecule has 1 aliphatic rings. The van der Waals surface area contributed by atoms with Crippen LogP contribution in [0.3, 0.4) is 0 Å². The SMILES string of the molecule is SCC=CCN1CCCCCCC1. The summed E-state index contributed by atoms with van der Waals surface area (Å²) >= 11 is 4.15. The van der Waals surface area contributed by atoms with Crippen molar-refractivity contribution >= 4 is 12.6 Å². The van der Waals surface area contributed by atoms with Gasteiger partial charge in [0.1, 0.15) is 0 Å². The van der Waals surface area contributed by atoms with Crippen molar-refractivity contribution in [1.82, 2.24) is 4.90 Å². The highest BCUT2D eigenvalue weighted by molar-refractivity contribution is 7.80. The Morgan fingerprint density at radius 3 is 2.15 bits per heavy atom. The molecule has 0 unspecified atom stereocenters. The van der Waals surface area contributed by atoms with Gasteiger partial charge in [0.25, 0.3) is 0 Å². The minimum absolute atomic E-state index is 0.869. The molecule has 0 saturated carbocycles. The molecule has 13 heavy (non-hydrogen) atoms. The van der Waals surface area contributed by atoms with Crippen LogP contribution < -0.4 is 0 Å². The Labute approximate surface area is 87.6 Å². The Kier molecular flexibility index (Phi) is 6.38. The molecule has 1 saturated heterocycles. The second-order valence-corrected chi connectivity index (χ2v) is 4.09. The lowest BCUT2D eigenvalue weighted by Crippen LogP contribution is -2.27. The lowest BCUT2D eigenvalue weighted by atomic mass is 10.1. The predicted molar refractivity (Wildman–Crippen MR) is 62.5 cm³/mol. The van der Waals surface area contributed by atoms with Crippen LogP contribution in [0.2, 0.25) is 0 Å². The van der Waals surface area contributed by atoms with Gasteiger partial charge in [0.05, 0.1) is 0 Å². The second kappa shape index (κ2) is 7.45. The van der Waals surface area contributed by atoms with E-state index in [2.05, 4.69) is 29.7 Å². The third-order valence-electron chi connectivity index (χ3n) is 2.58. The molecule has 0 aromatic rings. The minimum atomic E-state index is 0.869. The number of likely N-dealkylation sites (tertiary alicyclic amines) is 1. The molecule has 0 spiro atoms. The Hall–Kier alpha value is 0.0500. The fourth-order valence-electron chi connectivity index (χ4n) is 1.79. The summed E-state index contributed by atoms with van der Waals surface area (Å²) < 4.78 is 0. The van der Waals surface area contributed by atoms with Gasteiger partial charge in [0, 0.05) is 12.3 Å². The van der Waals surface area contributed by atoms with E-state index in [0.29, 0.717) is 0 Å². The van der Waals surface area contributed by atoms with Crippen LogP contribution in [0.5, 0.6) is 0 Å². The lowest BCUT2D eigenvalue weighted by Gasteiger charge is -2.22. The van der Waals surface area contributed by atoms with E-state index >= 15 is 0 Å². The maximum Gasteiger partial charge on any atom is 0.0163 e. The summed E-state index contributed by atoms with van der Waals surface area (Å²) in [4.78, 5) is 2.55. The normalized spacial score (nSPS) is 21.6. The number of rotatable bonds is 3. The molecule has 0 aliphatic carbocycles. The van der Waals surface area contributed by atoms with Crippen LogP contribution in [0, 0.1) is 0 Å². The van der Waals surface area contributed by atoms with Crippen LogP contribution in [-0.4, -0.2) is 30.3 Å². The highest BCUT2D eigenvalue weighted by Crippen LogP contribution is 2.09. The fraction of sp³-hybridized carbons (Fsp3) is 0.818. The molecule has 0 aromatic carbocycles. The van der Waals surface area contributed by atoms with E-state index in [1.54, 1.807) is 0 Å². The average Bonchev–Trinajstić information content (AvgIpc) is 2.08. The van der Waals surface area contributed by atoms with Crippen molar-refractivity contribution < 1.29 is 0 Å². The minimum Gasteiger partial charge on any atom is -0.300 e. The second-order valence-electron chi connectivity index (χ2n) is 3.72. The van der Waals surface area contributed by atoms with E-state index in [1.165, 1.54) is 45.2 Å². The van der Waals surface area contributed by atoms with Gasteiger partial charge in [-0.1, -0.05) is 31.4 Å². The summed E-state index contributed by atoms with van der Waals surface area (Å²) in [6, 6.07) is 0. The van der Waals surface area contributed by atoms with Gasteiger partial charge in [-0.15, -0.1) is 0 Å². The Bertz CT molecular complexity index is 137. The highest BCUT2D eigenvalue weighted by atomic mass is 32.1. The molecule has 0 aromatic heterocycles. The van der Waals surface area contributed by atoms with Crippen LogP contribution in [0.25, 0.3) is 0 Å². The van der Waals surface area contributed by atoms with Crippen LogP contribution >= 0.6 is 12.6 Å². The highest BCUT2D eigenvalue weighted by Gasteiger charge is 2.05. The van der Waals surface area contributed by atoms with E-state index in [9.17, 15) is 0 Å². The van der Waals surface area contributed by atoms with Gasteiger partial charge < -0.3 is 0 Å². The molecule has 1 aliphatic heterocycles. The number of thiol groups is 1. The van der Waals surface area contributed by atoms with Crippen molar-refractivity contribution in [3.8, 4) is 0 Å². The van der Waals surface area contributed by atoms with Crippen molar-refractivity contribution in [3.63, 3.8) is 0 Å². The summed E-state index contributed by atoms with van der Waals surface area (Å²) in [5, 5.41) is 0. The maximum atomic E-state index is 4.15. The van der Waals surface area contributed by atoms with E-state index in [4.69, 9.17) is 0 Å². The molecule has 1 nitrogen and oxygen atoms in total. The van der Waals surface area contributed by atoms with Crippen molar-refractivity contribution in [3.05, 3.63) is 12.2 Å². The van der Waals surface area contributed by atoms with Crippen LogP contribution in [0.1, 0.15) is 32.1 Å². The first-order chi connectivity index (χ1) is 6.43. The van der Waals surface area contributed by atoms with Gasteiger partial charge in [-0.2, -0.15) is 12.6 Å². The number of hydrogen-bond acceptors (Lipinski definition) is 2. The third-order valence-corrected chi connectivity index (χ3v) is 2.80. The largest absolute Gasteiger partial charge is 0.300 e. The maximum absolute atomic E-state index is 4.15. The fourth-order valence-corrected chi connectivity index (χ4v) is 1.94. The quantitative estimate of drug-likeness (QED) is 0.540. The summed E-state index contributed by atoms with van der Waals surface area (Å²) in [6.07, 6.45) is 11.4. The molecule has 1 fully saturated rings. The smallest absolute Gasteiger partial charge is 0.0163 e. The Morgan fingerprint density at radius 1 is 0.923 bits per heavy atom. The molecular formula is C11H21NS. The molecule has 1 rings (SSSR count). The molecule has 76 valence electrons. The van der Waals surface area contributed by atoms with Gasteiger partial charge in [0.2, 0.25) is 0 Å². The van der Waals surface area contributed by atoms with Crippen molar-refractivity contribution in [2.45, 2.75) is 32.1 Å². The zero-order chi connectivity index (χ0) is 9.36. The summed E-state index contributed by atoms with van der Waals surface area (Å²) in [5.74, 6) is 0.869. The average molecular weight is 199 g/mol. The zero-order valence-electron chi connectivity index (χ0n) is 8.41. The third kappa shape index (κ3) is 5.37. The summed E-state index contributed by atoms with van der Waals surface area (Å²) in [5.41, 5.74) is 0. The molecule has 0 bridgehead atoms. The van der Waals surface area contributed by atoms with Gasteiger partial charge >= 0.3 is 0 Å². The number of hydrogen-bond donors (Lipinski definition) is 1. The van der Waals surface area contributed by atoms with Gasteiger partial charge in [0.15, 0.2) is 0 Å². The van der Waals surface area contributed by atoms with Gasteiger partial charge in [-0.25, -0.2) is 0 Å². The molecule has 0 radical (unpaired) electrons. The molecule has 2 heteroatoms. The molecule has 0 atom stereocenters. The van der Waals surface area contributed by atoms with Gasteiger partial charge in [-0.3, -0.25) is 4.90 Å². The van der Waals surface area contributed by atoms with E-state index in [1.807, 2.05) is 0 Å². The van der Waals surface area contributed by atoms with Crippen molar-refractivity contribution in [2.75, 3.05) is 25.4 Å². The molecule has 1 heterocycles. The van der Waals surface area contributed by atoms with Gasteiger partial charge in [-0.05, 0) is 25.9 Å². The van der Waals surface area contributed by atoms with E-state index in [0.717, 1.165) is 12.3 Å². The molecular weight excluding hydrogens is 178 g/mol. The predicted octanol–water partition coefficient (Wildman–Crippen LogP) is 2.74. The van der Waals surface area contributed by atoms with E-state index in [-0.39, 0.29) is 0 Å². The van der Waals surface area contributed by atoms with Crippen molar-refractivity contribution in [2.24, 2.45) is 0 Å². The topological polar surface area (TPSA) is 3.24 Å². The molecule has 0 amide bonds. The first-order valence-electron chi connectivity index (χ1n) is 5.41. The monoisotopic (exact) mass is 199 g/mol. The Morgan fingerprint density at radius 2 is 1.54 bits per heavy atom. The molecule has 0 N–H and O–H groups in total. The first kappa shape index (κ1) is 11.1. The Balaban J connectivity index is 2.17. The lowest BCUT2D eigenvalue weighted by molar-refractivity contribution is 0.271. The summed E-state index contributed by atoms with van der Waals surface area (Å²) in [6.45, 7) is 3.70. The number of nitrogens with zero attached hydrogens (tertiary/aromatic N) is 1. The first-order valence-corrected chi connectivity index (χ1v) is 6.05. The van der Waals surface area contributed by atoms with Crippen molar-refractivity contribution in [1.29, 1.82) is 0 Å². The van der Waals surface area contributed by atoms with E-state index < -0.39 is 0 Å².